The van der Waals surface area contributed by atoms with Crippen molar-refractivity contribution in [3.8, 4) is 29.6 Å². The van der Waals surface area contributed by atoms with E-state index in [9.17, 15) is 4.79 Å². The summed E-state index contributed by atoms with van der Waals surface area (Å²) in [5.41, 5.74) is 3.09. The van der Waals surface area contributed by atoms with E-state index in [1.165, 1.54) is 13.3 Å². The minimum atomic E-state index is -0.249. The third kappa shape index (κ3) is 7.22. The van der Waals surface area contributed by atoms with E-state index in [0.717, 1.165) is 0 Å². The zero-order valence-electron chi connectivity index (χ0n) is 15.8. The second-order valence-electron chi connectivity index (χ2n) is 5.69. The number of benzene rings is 2. The van der Waals surface area contributed by atoms with Crippen molar-refractivity contribution < 1.29 is 19.0 Å². The van der Waals surface area contributed by atoms with Crippen LogP contribution in [-0.2, 0) is 4.79 Å². The highest BCUT2D eigenvalue weighted by molar-refractivity contribution is 6.35. The Labute approximate surface area is 179 Å². The summed E-state index contributed by atoms with van der Waals surface area (Å²) in [6.07, 6.45) is 7.44. The number of halogens is 2. The van der Waals surface area contributed by atoms with Gasteiger partial charge < -0.3 is 14.2 Å². The molecule has 1 amide bonds. The first kappa shape index (κ1) is 22.4. The van der Waals surface area contributed by atoms with Crippen molar-refractivity contribution in [1.29, 1.82) is 0 Å². The lowest BCUT2D eigenvalue weighted by Gasteiger charge is -2.11. The number of carbonyl (C=O) groups is 1. The third-order valence-corrected chi connectivity index (χ3v) is 4.15. The molecule has 2 aromatic rings. The molecule has 6 nitrogen and oxygen atoms in total. The molecule has 0 fully saturated rings. The van der Waals surface area contributed by atoms with Crippen LogP contribution in [0, 0.1) is 12.3 Å². The number of ether oxygens (including phenoxy) is 3. The molecular weight excluding hydrogens is 415 g/mol. The molecule has 0 atom stereocenters. The van der Waals surface area contributed by atoms with Gasteiger partial charge in [-0.3, -0.25) is 4.79 Å². The number of hydrogen-bond acceptors (Lipinski definition) is 5. The summed E-state index contributed by atoms with van der Waals surface area (Å²) in [5, 5.41) is 4.91. The fourth-order valence-corrected chi connectivity index (χ4v) is 2.76. The first-order chi connectivity index (χ1) is 14.0. The van der Waals surface area contributed by atoms with Crippen LogP contribution in [0.4, 0.5) is 0 Å². The van der Waals surface area contributed by atoms with Gasteiger partial charge in [0.25, 0.3) is 0 Å². The Balaban J connectivity index is 1.81. The Morgan fingerprint density at radius 1 is 1.24 bits per heavy atom. The molecule has 0 heterocycles. The van der Waals surface area contributed by atoms with Gasteiger partial charge in [0, 0.05) is 17.0 Å². The molecule has 2 aromatic carbocycles. The van der Waals surface area contributed by atoms with Gasteiger partial charge in [0.1, 0.15) is 12.4 Å². The van der Waals surface area contributed by atoms with Crippen LogP contribution in [0.3, 0.4) is 0 Å². The van der Waals surface area contributed by atoms with Gasteiger partial charge in [0.15, 0.2) is 11.5 Å². The predicted molar refractivity (Wildman–Crippen MR) is 114 cm³/mol. The molecule has 8 heteroatoms. The number of amides is 1. The third-order valence-electron chi connectivity index (χ3n) is 3.62. The van der Waals surface area contributed by atoms with Crippen LogP contribution >= 0.6 is 23.2 Å². The Kier molecular flexibility index (Phi) is 9.16. The van der Waals surface area contributed by atoms with Crippen LogP contribution in [-0.4, -0.2) is 32.4 Å². The molecule has 0 spiro atoms. The van der Waals surface area contributed by atoms with Crippen LogP contribution < -0.4 is 19.6 Å². The highest BCUT2D eigenvalue weighted by Crippen LogP contribution is 2.30. The first-order valence-electron chi connectivity index (χ1n) is 8.68. The molecule has 0 aliphatic heterocycles. The largest absolute Gasteiger partial charge is 0.493 e. The number of para-hydroxylation sites is 1. The number of terminal acetylenes is 1. The summed E-state index contributed by atoms with van der Waals surface area (Å²) < 4.78 is 16.3. The van der Waals surface area contributed by atoms with Gasteiger partial charge in [0.05, 0.1) is 25.0 Å². The number of hydrazone groups is 1. The van der Waals surface area contributed by atoms with Crippen molar-refractivity contribution in [3.63, 3.8) is 0 Å². The van der Waals surface area contributed by atoms with Crippen molar-refractivity contribution in [2.24, 2.45) is 5.10 Å². The van der Waals surface area contributed by atoms with E-state index in [4.69, 9.17) is 43.8 Å². The van der Waals surface area contributed by atoms with E-state index in [2.05, 4.69) is 16.4 Å². The lowest BCUT2D eigenvalue weighted by Crippen LogP contribution is -2.18. The monoisotopic (exact) mass is 434 g/mol. The lowest BCUT2D eigenvalue weighted by molar-refractivity contribution is -0.121. The molecule has 152 valence electrons. The quantitative estimate of drug-likeness (QED) is 0.261. The molecule has 0 unspecified atom stereocenters. The van der Waals surface area contributed by atoms with Gasteiger partial charge in [0.2, 0.25) is 5.91 Å². The number of nitrogens with zero attached hydrogens (tertiary/aromatic N) is 1. The molecule has 0 radical (unpaired) electrons. The van der Waals surface area contributed by atoms with Crippen molar-refractivity contribution in [2.75, 3.05) is 20.3 Å². The second kappa shape index (κ2) is 11.8. The minimum absolute atomic E-state index is 0.0885. The molecule has 0 aliphatic rings. The van der Waals surface area contributed by atoms with E-state index in [1.54, 1.807) is 36.4 Å². The Morgan fingerprint density at radius 2 is 2.07 bits per heavy atom. The summed E-state index contributed by atoms with van der Waals surface area (Å²) in [7, 11) is 1.53. The summed E-state index contributed by atoms with van der Waals surface area (Å²) in [6.45, 7) is 0.420. The number of methoxy groups -OCH3 is 1. The fraction of sp³-hybridized carbons (Fsp3) is 0.238. The average molecular weight is 435 g/mol. The summed E-state index contributed by atoms with van der Waals surface area (Å²) in [4.78, 5) is 11.9. The maximum atomic E-state index is 11.9. The maximum Gasteiger partial charge on any atom is 0.240 e. The van der Waals surface area contributed by atoms with Gasteiger partial charge in [-0.25, -0.2) is 5.43 Å². The van der Waals surface area contributed by atoms with E-state index in [1.807, 2.05) is 0 Å². The van der Waals surface area contributed by atoms with Crippen LogP contribution in [0.25, 0.3) is 0 Å². The highest BCUT2D eigenvalue weighted by Gasteiger charge is 2.09. The topological polar surface area (TPSA) is 69.2 Å². The molecule has 1 N–H and O–H groups in total. The Hall–Kier alpha value is -2.88. The van der Waals surface area contributed by atoms with E-state index in [-0.39, 0.29) is 18.9 Å². The smallest absolute Gasteiger partial charge is 0.240 e. The molecule has 0 aliphatic carbocycles. The minimum Gasteiger partial charge on any atom is -0.493 e. The SMILES string of the molecule is C#CCOc1c(C=NNC(=O)CCCOc2ccc(Cl)cc2Cl)cccc1OC. The molecule has 0 saturated carbocycles. The van der Waals surface area contributed by atoms with Crippen LogP contribution in [0.5, 0.6) is 17.2 Å². The van der Waals surface area contributed by atoms with Crippen molar-refractivity contribution in [3.05, 3.63) is 52.0 Å². The number of hydrogen-bond donors (Lipinski definition) is 1. The van der Waals surface area contributed by atoms with Gasteiger partial charge in [-0.2, -0.15) is 5.10 Å². The molecule has 2 rings (SSSR count). The van der Waals surface area contributed by atoms with Gasteiger partial charge in [-0.1, -0.05) is 35.2 Å². The lowest BCUT2D eigenvalue weighted by atomic mass is 10.2. The van der Waals surface area contributed by atoms with Crippen LogP contribution in [0.15, 0.2) is 41.5 Å². The van der Waals surface area contributed by atoms with Crippen LogP contribution in [0.1, 0.15) is 18.4 Å². The van der Waals surface area contributed by atoms with Gasteiger partial charge in [-0.15, -0.1) is 6.42 Å². The highest BCUT2D eigenvalue weighted by atomic mass is 35.5. The fourth-order valence-electron chi connectivity index (χ4n) is 2.30. The van der Waals surface area contributed by atoms with Crippen molar-refractivity contribution in [1.82, 2.24) is 5.43 Å². The van der Waals surface area contributed by atoms with E-state index < -0.39 is 0 Å². The molecule has 29 heavy (non-hydrogen) atoms. The Bertz CT molecular complexity index is 910. The number of carbonyl (C=O) groups excluding carboxylic acids is 1. The summed E-state index contributed by atoms with van der Waals surface area (Å²) in [6, 6.07) is 10.3. The molecule has 0 bridgehead atoms. The van der Waals surface area contributed by atoms with E-state index in [0.29, 0.717) is 45.9 Å². The standard InChI is InChI=1S/C21H20Cl2N2O4/c1-3-11-29-21-15(6-4-7-19(21)27-2)14-24-25-20(26)8-5-12-28-18-10-9-16(22)13-17(18)23/h1,4,6-7,9-10,13-14H,5,8,11-12H2,2H3,(H,25,26). The zero-order valence-corrected chi connectivity index (χ0v) is 17.3. The summed E-state index contributed by atoms with van der Waals surface area (Å²) in [5.74, 6) is 3.65. The zero-order chi connectivity index (χ0) is 21.1. The maximum absolute atomic E-state index is 11.9. The summed E-state index contributed by atoms with van der Waals surface area (Å²) >= 11 is 11.9. The Morgan fingerprint density at radius 3 is 2.79 bits per heavy atom. The van der Waals surface area contributed by atoms with Crippen LogP contribution in [0.2, 0.25) is 10.0 Å². The van der Waals surface area contributed by atoms with Gasteiger partial charge >= 0.3 is 0 Å². The van der Waals surface area contributed by atoms with E-state index >= 15 is 0 Å². The predicted octanol–water partition coefficient (Wildman–Crippen LogP) is 4.32. The normalized spacial score (nSPS) is 10.4. The second-order valence-corrected chi connectivity index (χ2v) is 6.53. The first-order valence-corrected chi connectivity index (χ1v) is 9.43. The average Bonchev–Trinajstić information content (AvgIpc) is 2.71. The molecule has 0 saturated heterocycles. The molecular formula is C21H20Cl2N2O4. The number of rotatable bonds is 10. The van der Waals surface area contributed by atoms with Crippen molar-refractivity contribution >= 4 is 35.3 Å². The van der Waals surface area contributed by atoms with Gasteiger partial charge in [-0.05, 0) is 36.8 Å². The number of nitrogens with one attached hydrogen (secondary N) is 1. The van der Waals surface area contributed by atoms with Crippen molar-refractivity contribution in [2.45, 2.75) is 12.8 Å². The molecule has 0 aromatic heterocycles.